The maximum Gasteiger partial charge on any atom is 0.247 e. The lowest BCUT2D eigenvalue weighted by molar-refractivity contribution is -0.145. The molecule has 1 fully saturated rings. The van der Waals surface area contributed by atoms with Crippen molar-refractivity contribution in [3.05, 3.63) is 66.0 Å². The van der Waals surface area contributed by atoms with E-state index in [0.29, 0.717) is 11.3 Å². The number of carbonyl (C=O) groups excluding carboxylic acids is 3. The highest BCUT2D eigenvalue weighted by Crippen LogP contribution is 2.32. The number of nitrogens with one attached hydrogen (secondary N) is 1. The first-order valence-corrected chi connectivity index (χ1v) is 10.9. The Labute approximate surface area is 181 Å². The van der Waals surface area contributed by atoms with Crippen LogP contribution < -0.4 is 5.32 Å². The van der Waals surface area contributed by atoms with Gasteiger partial charge in [-0.2, -0.15) is 0 Å². The molecule has 0 spiro atoms. The van der Waals surface area contributed by atoms with Crippen LogP contribution in [0.1, 0.15) is 44.4 Å². The fourth-order valence-corrected chi connectivity index (χ4v) is 4.40. The molecule has 3 rings (SSSR count). The van der Waals surface area contributed by atoms with Gasteiger partial charge in [-0.3, -0.25) is 19.4 Å². The normalized spacial score (nSPS) is 17.4. The van der Waals surface area contributed by atoms with Gasteiger partial charge in [0, 0.05) is 42.2 Å². The van der Waals surface area contributed by atoms with Gasteiger partial charge in [0.15, 0.2) is 5.12 Å². The number of carbonyl (C=O) groups is 3. The molecule has 1 aliphatic rings. The largest absolute Gasteiger partial charge is 0.349 e. The van der Waals surface area contributed by atoms with E-state index >= 15 is 0 Å². The smallest absolute Gasteiger partial charge is 0.247 e. The summed E-state index contributed by atoms with van der Waals surface area (Å²) in [5, 5.41) is 3.02. The van der Waals surface area contributed by atoms with E-state index in [1.807, 2.05) is 51.1 Å². The molecule has 0 bridgehead atoms. The molecule has 1 aromatic heterocycles. The number of thioether (sulfide) groups is 1. The van der Waals surface area contributed by atoms with Crippen LogP contribution in [0.5, 0.6) is 0 Å². The average Bonchev–Trinajstić information content (AvgIpc) is 3.13. The molecule has 0 aliphatic carbocycles. The van der Waals surface area contributed by atoms with Crippen LogP contribution in [0.2, 0.25) is 0 Å². The molecule has 0 unspecified atom stereocenters. The number of hydrogen-bond acceptors (Lipinski definition) is 5. The van der Waals surface area contributed by atoms with Crippen molar-refractivity contribution in [3.8, 4) is 0 Å². The standard InChI is InChI=1S/C23H27N3O3S/c1-23(2,3)25-21(28)20(17-10-7-11-24-13-17)26(14-16-8-5-4-6-9-16)22(29)18-12-19(27)30-15-18/h4-11,13,18,20H,12,14-15H2,1-3H3,(H,25,28)/t18-,20+/m1/s1. The quantitative estimate of drug-likeness (QED) is 0.768. The molecule has 2 amide bonds. The first kappa shape index (κ1) is 22.0. The zero-order valence-corrected chi connectivity index (χ0v) is 18.3. The van der Waals surface area contributed by atoms with E-state index in [-0.39, 0.29) is 29.9 Å². The van der Waals surface area contributed by atoms with Gasteiger partial charge in [0.2, 0.25) is 11.8 Å². The fourth-order valence-electron chi connectivity index (χ4n) is 3.43. The summed E-state index contributed by atoms with van der Waals surface area (Å²) in [5.41, 5.74) is 1.10. The Hall–Kier alpha value is -2.67. The van der Waals surface area contributed by atoms with Crippen molar-refractivity contribution < 1.29 is 14.4 Å². The van der Waals surface area contributed by atoms with E-state index in [9.17, 15) is 14.4 Å². The van der Waals surface area contributed by atoms with Crippen LogP contribution in [0.15, 0.2) is 54.9 Å². The van der Waals surface area contributed by atoms with Gasteiger partial charge in [-0.15, -0.1) is 0 Å². The molecule has 158 valence electrons. The van der Waals surface area contributed by atoms with Crippen molar-refractivity contribution in [2.24, 2.45) is 5.92 Å². The second-order valence-corrected chi connectivity index (χ2v) is 9.54. The summed E-state index contributed by atoms with van der Waals surface area (Å²) >= 11 is 1.18. The molecule has 2 heterocycles. The predicted octanol–water partition coefficient (Wildman–Crippen LogP) is 3.35. The number of rotatable bonds is 6. The summed E-state index contributed by atoms with van der Waals surface area (Å²) in [7, 11) is 0. The maximum atomic E-state index is 13.5. The van der Waals surface area contributed by atoms with E-state index in [0.717, 1.165) is 5.56 Å². The minimum absolute atomic E-state index is 0.0186. The Morgan fingerprint density at radius 2 is 1.93 bits per heavy atom. The topological polar surface area (TPSA) is 79.4 Å². The molecular formula is C23H27N3O3S. The second kappa shape index (κ2) is 9.43. The van der Waals surface area contributed by atoms with Crippen LogP contribution in [0, 0.1) is 5.92 Å². The van der Waals surface area contributed by atoms with Crippen molar-refractivity contribution >= 4 is 28.7 Å². The first-order chi connectivity index (χ1) is 14.2. The molecule has 6 nitrogen and oxygen atoms in total. The van der Waals surface area contributed by atoms with Gasteiger partial charge < -0.3 is 10.2 Å². The Bertz CT molecular complexity index is 897. The third-order valence-electron chi connectivity index (χ3n) is 4.75. The van der Waals surface area contributed by atoms with Crippen molar-refractivity contribution in [1.29, 1.82) is 0 Å². The Morgan fingerprint density at radius 1 is 1.20 bits per heavy atom. The van der Waals surface area contributed by atoms with Gasteiger partial charge in [-0.05, 0) is 32.4 Å². The van der Waals surface area contributed by atoms with Gasteiger partial charge in [0.05, 0.1) is 5.92 Å². The van der Waals surface area contributed by atoms with Crippen molar-refractivity contribution in [3.63, 3.8) is 0 Å². The Kier molecular flexibility index (Phi) is 6.92. The second-order valence-electron chi connectivity index (χ2n) is 8.46. The highest BCUT2D eigenvalue weighted by atomic mass is 32.2. The summed E-state index contributed by atoms with van der Waals surface area (Å²) < 4.78 is 0. The van der Waals surface area contributed by atoms with Crippen LogP contribution in [-0.4, -0.2) is 38.1 Å². The van der Waals surface area contributed by atoms with Gasteiger partial charge >= 0.3 is 0 Å². The molecule has 1 N–H and O–H groups in total. The first-order valence-electron chi connectivity index (χ1n) is 9.96. The lowest BCUT2D eigenvalue weighted by atomic mass is 9.99. The zero-order chi connectivity index (χ0) is 21.7. The van der Waals surface area contributed by atoms with Crippen LogP contribution >= 0.6 is 11.8 Å². The van der Waals surface area contributed by atoms with Gasteiger partial charge in [0.1, 0.15) is 6.04 Å². The summed E-state index contributed by atoms with van der Waals surface area (Å²) in [6.07, 6.45) is 3.46. The highest BCUT2D eigenvalue weighted by molar-refractivity contribution is 8.14. The third-order valence-corrected chi connectivity index (χ3v) is 5.80. The third kappa shape index (κ3) is 5.69. The lowest BCUT2D eigenvalue weighted by Gasteiger charge is -2.35. The summed E-state index contributed by atoms with van der Waals surface area (Å²) in [6, 6.07) is 12.3. The molecule has 30 heavy (non-hydrogen) atoms. The van der Waals surface area contributed by atoms with E-state index in [4.69, 9.17) is 0 Å². The summed E-state index contributed by atoms with van der Waals surface area (Å²) in [6.45, 7) is 5.98. The monoisotopic (exact) mass is 425 g/mol. The van der Waals surface area contributed by atoms with Crippen molar-refractivity contribution in [1.82, 2.24) is 15.2 Å². The number of nitrogens with zero attached hydrogens (tertiary/aromatic N) is 2. The number of hydrogen-bond donors (Lipinski definition) is 1. The molecule has 2 atom stereocenters. The van der Waals surface area contributed by atoms with Crippen LogP contribution in [0.3, 0.4) is 0 Å². The molecule has 7 heteroatoms. The van der Waals surface area contributed by atoms with Crippen LogP contribution in [0.25, 0.3) is 0 Å². The van der Waals surface area contributed by atoms with Crippen molar-refractivity contribution in [2.45, 2.75) is 45.3 Å². The SMILES string of the molecule is CC(C)(C)NC(=O)[C@H](c1cccnc1)N(Cc1ccccc1)C(=O)[C@H]1CSC(=O)C1. The highest BCUT2D eigenvalue weighted by Gasteiger charge is 2.39. The number of amides is 2. The Balaban J connectivity index is 2.01. The van der Waals surface area contributed by atoms with Crippen LogP contribution in [-0.2, 0) is 20.9 Å². The van der Waals surface area contributed by atoms with E-state index in [1.165, 1.54) is 11.8 Å². The predicted molar refractivity (Wildman–Crippen MR) is 117 cm³/mol. The minimum Gasteiger partial charge on any atom is -0.349 e. The number of benzene rings is 1. The van der Waals surface area contributed by atoms with Gasteiger partial charge in [-0.1, -0.05) is 48.2 Å². The minimum atomic E-state index is -0.841. The number of pyridine rings is 1. The lowest BCUT2D eigenvalue weighted by Crippen LogP contribution is -2.50. The molecule has 2 aromatic rings. The molecular weight excluding hydrogens is 398 g/mol. The molecule has 0 radical (unpaired) electrons. The molecule has 1 aromatic carbocycles. The maximum absolute atomic E-state index is 13.5. The molecule has 1 saturated heterocycles. The van der Waals surface area contributed by atoms with E-state index in [1.54, 1.807) is 29.4 Å². The molecule has 0 saturated carbocycles. The van der Waals surface area contributed by atoms with E-state index in [2.05, 4.69) is 10.3 Å². The summed E-state index contributed by atoms with van der Waals surface area (Å²) in [5.74, 6) is -0.427. The van der Waals surface area contributed by atoms with E-state index < -0.39 is 17.5 Å². The summed E-state index contributed by atoms with van der Waals surface area (Å²) in [4.78, 5) is 44.5. The fraction of sp³-hybridized carbons (Fsp3) is 0.391. The Morgan fingerprint density at radius 3 is 2.50 bits per heavy atom. The molecule has 1 aliphatic heterocycles. The average molecular weight is 426 g/mol. The van der Waals surface area contributed by atoms with Gasteiger partial charge in [0.25, 0.3) is 0 Å². The van der Waals surface area contributed by atoms with Crippen LogP contribution in [0.4, 0.5) is 0 Å². The van der Waals surface area contributed by atoms with Crippen molar-refractivity contribution in [2.75, 3.05) is 5.75 Å². The number of aromatic nitrogens is 1. The zero-order valence-electron chi connectivity index (χ0n) is 17.5. The van der Waals surface area contributed by atoms with Gasteiger partial charge in [-0.25, -0.2) is 0 Å².